The summed E-state index contributed by atoms with van der Waals surface area (Å²) in [7, 11) is 2.66. The fourth-order valence-electron chi connectivity index (χ4n) is 2.94. The van der Waals surface area contributed by atoms with E-state index in [0.717, 1.165) is 12.1 Å². The highest BCUT2D eigenvalue weighted by Gasteiger charge is 2.31. The molecular weight excluding hydrogens is 509 g/mol. The lowest BCUT2D eigenvalue weighted by atomic mass is 10.1. The molecule has 190 valence electrons. The van der Waals surface area contributed by atoms with Crippen molar-refractivity contribution in [2.75, 3.05) is 31.5 Å². The van der Waals surface area contributed by atoms with E-state index in [1.807, 2.05) is 0 Å². The third kappa shape index (κ3) is 6.27. The normalized spacial score (nSPS) is 10.9. The van der Waals surface area contributed by atoms with E-state index in [1.54, 1.807) is 0 Å². The number of benzene rings is 2. The van der Waals surface area contributed by atoms with Crippen LogP contribution in [0.1, 0.15) is 26.5 Å². The highest BCUT2D eigenvalue weighted by atomic mass is 35.5. The van der Waals surface area contributed by atoms with Crippen LogP contribution in [0.25, 0.3) is 0 Å². The van der Waals surface area contributed by atoms with Gasteiger partial charge in [0.1, 0.15) is 0 Å². The lowest BCUT2D eigenvalue weighted by Gasteiger charge is -2.15. The number of anilines is 2. The quantitative estimate of drug-likeness (QED) is 0.396. The van der Waals surface area contributed by atoms with E-state index in [4.69, 9.17) is 30.2 Å². The topological polar surface area (TPSA) is 116 Å². The summed E-state index contributed by atoms with van der Waals surface area (Å²) in [6.45, 7) is -0.870. The van der Waals surface area contributed by atoms with Crippen molar-refractivity contribution in [1.82, 2.24) is 0 Å². The smallest absolute Gasteiger partial charge is 0.416 e. The molecule has 1 heterocycles. The SMILES string of the molecule is COc1cc(NC(=O)c2ccco2)c(C(=O)OCC(=O)Nc2cc(C(F)(F)F)ccc2Cl)cc1OC. The predicted octanol–water partition coefficient (Wildman–Crippen LogP) is 5.02. The van der Waals surface area contributed by atoms with E-state index in [1.165, 1.54) is 44.7 Å². The maximum Gasteiger partial charge on any atom is 0.416 e. The molecule has 0 aliphatic carbocycles. The molecule has 9 nitrogen and oxygen atoms in total. The first kappa shape index (κ1) is 26.4. The van der Waals surface area contributed by atoms with Gasteiger partial charge in [-0.15, -0.1) is 0 Å². The minimum atomic E-state index is -4.65. The van der Waals surface area contributed by atoms with Gasteiger partial charge < -0.3 is 29.3 Å². The molecule has 0 fully saturated rings. The number of nitrogens with one attached hydrogen (secondary N) is 2. The maximum absolute atomic E-state index is 12.9. The van der Waals surface area contributed by atoms with Crippen molar-refractivity contribution < 1.29 is 46.2 Å². The molecule has 2 aromatic carbocycles. The number of rotatable bonds is 8. The number of furan rings is 1. The van der Waals surface area contributed by atoms with Crippen LogP contribution >= 0.6 is 11.6 Å². The third-order valence-electron chi connectivity index (χ3n) is 4.64. The number of alkyl halides is 3. The minimum absolute atomic E-state index is 0.0403. The Labute approximate surface area is 207 Å². The second-order valence-corrected chi connectivity index (χ2v) is 7.41. The van der Waals surface area contributed by atoms with Crippen molar-refractivity contribution in [2.45, 2.75) is 6.18 Å². The maximum atomic E-state index is 12.9. The van der Waals surface area contributed by atoms with Crippen LogP contribution in [-0.4, -0.2) is 38.6 Å². The summed E-state index contributed by atoms with van der Waals surface area (Å²) in [4.78, 5) is 37.4. The Bertz CT molecular complexity index is 1280. The Morgan fingerprint density at radius 1 is 0.972 bits per heavy atom. The molecule has 13 heteroatoms. The van der Waals surface area contributed by atoms with Crippen LogP contribution in [0.2, 0.25) is 5.02 Å². The van der Waals surface area contributed by atoms with Crippen molar-refractivity contribution in [2.24, 2.45) is 0 Å². The Morgan fingerprint density at radius 2 is 1.67 bits per heavy atom. The summed E-state index contributed by atoms with van der Waals surface area (Å²) in [5.41, 5.74) is -1.58. The highest BCUT2D eigenvalue weighted by molar-refractivity contribution is 6.33. The largest absolute Gasteiger partial charge is 0.493 e. The summed E-state index contributed by atoms with van der Waals surface area (Å²) in [5, 5.41) is 4.49. The first-order valence-electron chi connectivity index (χ1n) is 9.98. The predicted molar refractivity (Wildman–Crippen MR) is 122 cm³/mol. The molecule has 0 bridgehead atoms. The van der Waals surface area contributed by atoms with Gasteiger partial charge >= 0.3 is 12.1 Å². The molecule has 36 heavy (non-hydrogen) atoms. The van der Waals surface area contributed by atoms with Crippen LogP contribution < -0.4 is 20.1 Å². The number of esters is 1. The average molecular weight is 527 g/mol. The second-order valence-electron chi connectivity index (χ2n) is 7.00. The first-order chi connectivity index (χ1) is 17.0. The van der Waals surface area contributed by atoms with Gasteiger partial charge in [-0.3, -0.25) is 9.59 Å². The molecular formula is C23H18ClF3N2O7. The molecule has 2 N–H and O–H groups in total. The van der Waals surface area contributed by atoms with Gasteiger partial charge in [-0.05, 0) is 30.3 Å². The molecule has 3 aromatic rings. The number of hydrogen-bond acceptors (Lipinski definition) is 7. The Hall–Kier alpha value is -4.19. The lowest BCUT2D eigenvalue weighted by molar-refractivity contribution is -0.137. The molecule has 3 rings (SSSR count). The molecule has 0 saturated heterocycles. The van der Waals surface area contributed by atoms with E-state index in [9.17, 15) is 27.6 Å². The number of carbonyl (C=O) groups excluding carboxylic acids is 3. The summed E-state index contributed by atoms with van der Waals surface area (Å²) in [6, 6.07) is 7.81. The van der Waals surface area contributed by atoms with Crippen molar-refractivity contribution in [3.8, 4) is 11.5 Å². The molecule has 1 aromatic heterocycles. The molecule has 0 aliphatic heterocycles. The van der Waals surface area contributed by atoms with Gasteiger partial charge in [-0.1, -0.05) is 11.6 Å². The van der Waals surface area contributed by atoms with Gasteiger partial charge in [-0.25, -0.2) is 4.79 Å². The van der Waals surface area contributed by atoms with Crippen LogP contribution in [-0.2, 0) is 15.7 Å². The fraction of sp³-hybridized carbons (Fsp3) is 0.174. The summed E-state index contributed by atoms with van der Waals surface area (Å²) >= 11 is 5.86. The van der Waals surface area contributed by atoms with Crippen LogP contribution in [0.15, 0.2) is 53.1 Å². The molecule has 2 amide bonds. The number of carbonyl (C=O) groups is 3. The Kier molecular flexibility index (Phi) is 8.10. The molecule has 0 saturated carbocycles. The lowest BCUT2D eigenvalue weighted by Crippen LogP contribution is -2.22. The van der Waals surface area contributed by atoms with E-state index in [2.05, 4.69) is 10.6 Å². The summed E-state index contributed by atoms with van der Waals surface area (Å²) in [6.07, 6.45) is -3.37. The van der Waals surface area contributed by atoms with Crippen molar-refractivity contribution in [3.63, 3.8) is 0 Å². The number of halogens is 4. The molecule has 0 unspecified atom stereocenters. The van der Waals surface area contributed by atoms with Crippen LogP contribution in [0.5, 0.6) is 11.5 Å². The molecule has 0 radical (unpaired) electrons. The molecule has 0 spiro atoms. The summed E-state index contributed by atoms with van der Waals surface area (Å²) < 4.78 is 59.2. The number of hydrogen-bond donors (Lipinski definition) is 2. The molecule has 0 atom stereocenters. The van der Waals surface area contributed by atoms with E-state index < -0.39 is 36.1 Å². The van der Waals surface area contributed by atoms with Gasteiger partial charge in [0.2, 0.25) is 0 Å². The monoisotopic (exact) mass is 526 g/mol. The van der Waals surface area contributed by atoms with Gasteiger partial charge in [0, 0.05) is 12.1 Å². The van der Waals surface area contributed by atoms with E-state index in [-0.39, 0.29) is 39.2 Å². The zero-order chi connectivity index (χ0) is 26.5. The first-order valence-corrected chi connectivity index (χ1v) is 10.4. The Balaban J connectivity index is 1.77. The third-order valence-corrected chi connectivity index (χ3v) is 4.97. The van der Waals surface area contributed by atoms with E-state index in [0.29, 0.717) is 6.07 Å². The van der Waals surface area contributed by atoms with Crippen molar-refractivity contribution >= 4 is 40.8 Å². The number of amides is 2. The fourth-order valence-corrected chi connectivity index (χ4v) is 3.10. The zero-order valence-corrected chi connectivity index (χ0v) is 19.5. The molecule has 0 aliphatic rings. The van der Waals surface area contributed by atoms with E-state index >= 15 is 0 Å². The van der Waals surface area contributed by atoms with Crippen LogP contribution in [0, 0.1) is 0 Å². The average Bonchev–Trinajstić information content (AvgIpc) is 3.38. The zero-order valence-electron chi connectivity index (χ0n) is 18.7. The highest BCUT2D eigenvalue weighted by Crippen LogP contribution is 2.35. The summed E-state index contributed by atoms with van der Waals surface area (Å²) in [5.74, 6) is -2.41. The second kappa shape index (κ2) is 11.0. The number of ether oxygens (including phenoxy) is 3. The van der Waals surface area contributed by atoms with Gasteiger partial charge in [-0.2, -0.15) is 13.2 Å². The Morgan fingerprint density at radius 3 is 2.28 bits per heavy atom. The van der Waals surface area contributed by atoms with Gasteiger partial charge in [0.05, 0.1) is 48.0 Å². The van der Waals surface area contributed by atoms with Gasteiger partial charge in [0.25, 0.3) is 11.8 Å². The van der Waals surface area contributed by atoms with Gasteiger partial charge in [0.15, 0.2) is 23.9 Å². The minimum Gasteiger partial charge on any atom is -0.493 e. The van der Waals surface area contributed by atoms with Crippen molar-refractivity contribution in [1.29, 1.82) is 0 Å². The van der Waals surface area contributed by atoms with Crippen LogP contribution in [0.3, 0.4) is 0 Å². The number of methoxy groups -OCH3 is 2. The van der Waals surface area contributed by atoms with Crippen molar-refractivity contribution in [3.05, 3.63) is 70.6 Å². The van der Waals surface area contributed by atoms with Crippen LogP contribution in [0.4, 0.5) is 24.5 Å². The standard InChI is InChI=1S/C23H18ClF3N2O7/c1-33-18-9-13(15(10-19(18)34-2)29-21(31)17-4-3-7-35-17)22(32)36-11-20(30)28-16-8-12(23(25,26)27)5-6-14(16)24/h3-10H,11H2,1-2H3,(H,28,30)(H,29,31).